The van der Waals surface area contributed by atoms with E-state index in [1.807, 2.05) is 25.2 Å². The summed E-state index contributed by atoms with van der Waals surface area (Å²) in [6, 6.07) is 13.5. The molecule has 0 radical (unpaired) electrons. The van der Waals surface area contributed by atoms with Crippen molar-refractivity contribution in [2.24, 2.45) is 5.92 Å². The van der Waals surface area contributed by atoms with Gasteiger partial charge in [0.2, 0.25) is 0 Å². The van der Waals surface area contributed by atoms with E-state index >= 15 is 0 Å². The maximum atomic E-state index is 12.7. The molecule has 4 heteroatoms. The van der Waals surface area contributed by atoms with Gasteiger partial charge in [-0.25, -0.2) is 0 Å². The van der Waals surface area contributed by atoms with E-state index in [4.69, 9.17) is 0 Å². The summed E-state index contributed by atoms with van der Waals surface area (Å²) in [7, 11) is 1.94. The van der Waals surface area contributed by atoms with Gasteiger partial charge >= 0.3 is 6.18 Å². The van der Waals surface area contributed by atoms with Crippen molar-refractivity contribution in [1.29, 1.82) is 0 Å². The van der Waals surface area contributed by atoms with E-state index in [9.17, 15) is 13.2 Å². The molecular weight excluding hydrogens is 287 g/mol. The Morgan fingerprint density at radius 3 is 2.36 bits per heavy atom. The molecule has 1 aliphatic carbocycles. The standard InChI is InChI=1S/C18H18F3N/c1-22-11-13-10-17(13)16-5-3-2-4-15(16)12-6-8-14(9-7-12)18(19,20)21/h2-9,13,17,22H,10-11H2,1H3. The van der Waals surface area contributed by atoms with Gasteiger partial charge in [0.15, 0.2) is 0 Å². The van der Waals surface area contributed by atoms with Gasteiger partial charge in [0.1, 0.15) is 0 Å². The predicted molar refractivity (Wildman–Crippen MR) is 81.7 cm³/mol. The van der Waals surface area contributed by atoms with E-state index < -0.39 is 11.7 Å². The lowest BCUT2D eigenvalue weighted by atomic mass is 9.95. The Morgan fingerprint density at radius 1 is 1.05 bits per heavy atom. The summed E-state index contributed by atoms with van der Waals surface area (Å²) in [5.74, 6) is 1.13. The molecule has 1 N–H and O–H groups in total. The van der Waals surface area contributed by atoms with Crippen LogP contribution in [-0.2, 0) is 6.18 Å². The van der Waals surface area contributed by atoms with Crippen LogP contribution in [0.3, 0.4) is 0 Å². The summed E-state index contributed by atoms with van der Waals surface area (Å²) in [6.45, 7) is 0.978. The van der Waals surface area contributed by atoms with Gasteiger partial charge < -0.3 is 5.32 Å². The van der Waals surface area contributed by atoms with Crippen LogP contribution >= 0.6 is 0 Å². The average Bonchev–Trinajstić information content (AvgIpc) is 3.26. The lowest BCUT2D eigenvalue weighted by Gasteiger charge is -2.11. The van der Waals surface area contributed by atoms with Gasteiger partial charge in [-0.15, -0.1) is 0 Å². The second-order valence-corrected chi connectivity index (χ2v) is 5.82. The van der Waals surface area contributed by atoms with Gasteiger partial charge in [0.25, 0.3) is 0 Å². The number of alkyl halides is 3. The maximum absolute atomic E-state index is 12.7. The minimum absolute atomic E-state index is 0.506. The zero-order chi connectivity index (χ0) is 15.7. The Balaban J connectivity index is 1.89. The molecule has 0 aromatic heterocycles. The Bertz CT molecular complexity index is 646. The van der Waals surface area contributed by atoms with E-state index in [0.29, 0.717) is 11.8 Å². The summed E-state index contributed by atoms with van der Waals surface area (Å²) in [4.78, 5) is 0. The summed E-state index contributed by atoms with van der Waals surface area (Å²) >= 11 is 0. The fourth-order valence-electron chi connectivity index (χ4n) is 3.04. The topological polar surface area (TPSA) is 12.0 Å². The molecular formula is C18H18F3N. The molecule has 3 rings (SSSR count). The van der Waals surface area contributed by atoms with Crippen molar-refractivity contribution in [2.75, 3.05) is 13.6 Å². The zero-order valence-electron chi connectivity index (χ0n) is 12.3. The highest BCUT2D eigenvalue weighted by atomic mass is 19.4. The molecule has 0 aliphatic heterocycles. The molecule has 1 nitrogen and oxygen atoms in total. The van der Waals surface area contributed by atoms with Crippen molar-refractivity contribution >= 4 is 0 Å². The van der Waals surface area contributed by atoms with E-state index in [-0.39, 0.29) is 0 Å². The summed E-state index contributed by atoms with van der Waals surface area (Å²) in [6.07, 6.45) is -3.15. The number of nitrogens with one attached hydrogen (secondary N) is 1. The average molecular weight is 305 g/mol. The summed E-state index contributed by atoms with van der Waals surface area (Å²) < 4.78 is 38.0. The van der Waals surface area contributed by atoms with Crippen LogP contribution in [0.15, 0.2) is 48.5 Å². The Kier molecular flexibility index (Phi) is 3.96. The fraction of sp³-hybridized carbons (Fsp3) is 0.333. The Hall–Kier alpha value is -1.81. The van der Waals surface area contributed by atoms with Crippen molar-refractivity contribution < 1.29 is 13.2 Å². The smallest absolute Gasteiger partial charge is 0.319 e. The summed E-state index contributed by atoms with van der Waals surface area (Å²) in [5, 5.41) is 3.19. The first-order valence-electron chi connectivity index (χ1n) is 7.42. The lowest BCUT2D eigenvalue weighted by molar-refractivity contribution is -0.137. The molecule has 1 saturated carbocycles. The molecule has 0 amide bonds. The second kappa shape index (κ2) is 5.76. The number of hydrogen-bond acceptors (Lipinski definition) is 1. The quantitative estimate of drug-likeness (QED) is 0.863. The molecule has 22 heavy (non-hydrogen) atoms. The van der Waals surface area contributed by atoms with Crippen LogP contribution in [-0.4, -0.2) is 13.6 Å². The third-order valence-electron chi connectivity index (χ3n) is 4.27. The van der Waals surface area contributed by atoms with Crippen molar-refractivity contribution in [2.45, 2.75) is 18.5 Å². The van der Waals surface area contributed by atoms with Crippen LogP contribution in [0.4, 0.5) is 13.2 Å². The minimum Gasteiger partial charge on any atom is -0.319 e. The van der Waals surface area contributed by atoms with E-state index in [1.165, 1.54) is 5.56 Å². The van der Waals surface area contributed by atoms with Crippen molar-refractivity contribution in [3.05, 3.63) is 59.7 Å². The van der Waals surface area contributed by atoms with Crippen LogP contribution in [0.2, 0.25) is 0 Å². The monoisotopic (exact) mass is 305 g/mol. The Labute approximate surface area is 128 Å². The highest BCUT2D eigenvalue weighted by Gasteiger charge is 2.38. The minimum atomic E-state index is -4.29. The van der Waals surface area contributed by atoms with Gasteiger partial charge in [0.05, 0.1) is 5.56 Å². The van der Waals surface area contributed by atoms with Gasteiger partial charge in [-0.3, -0.25) is 0 Å². The molecule has 1 aliphatic rings. The molecule has 0 heterocycles. The molecule has 2 unspecified atom stereocenters. The van der Waals surface area contributed by atoms with Gasteiger partial charge in [-0.05, 0) is 60.7 Å². The fourth-order valence-corrected chi connectivity index (χ4v) is 3.04. The van der Waals surface area contributed by atoms with Crippen molar-refractivity contribution in [3.63, 3.8) is 0 Å². The highest BCUT2D eigenvalue weighted by molar-refractivity contribution is 5.69. The number of rotatable bonds is 4. The second-order valence-electron chi connectivity index (χ2n) is 5.82. The molecule has 2 aromatic rings. The molecule has 0 bridgehead atoms. The molecule has 116 valence electrons. The Morgan fingerprint density at radius 2 is 1.73 bits per heavy atom. The van der Waals surface area contributed by atoms with Crippen molar-refractivity contribution in [3.8, 4) is 11.1 Å². The van der Waals surface area contributed by atoms with Crippen LogP contribution in [0.25, 0.3) is 11.1 Å². The number of halogens is 3. The number of benzene rings is 2. The zero-order valence-corrected chi connectivity index (χ0v) is 12.3. The van der Waals surface area contributed by atoms with Crippen LogP contribution < -0.4 is 5.32 Å². The SMILES string of the molecule is CNCC1CC1c1ccccc1-c1ccc(C(F)(F)F)cc1. The maximum Gasteiger partial charge on any atom is 0.416 e. The molecule has 2 atom stereocenters. The van der Waals surface area contributed by atoms with Gasteiger partial charge in [0, 0.05) is 0 Å². The number of hydrogen-bond donors (Lipinski definition) is 1. The largest absolute Gasteiger partial charge is 0.416 e. The third-order valence-corrected chi connectivity index (χ3v) is 4.27. The van der Waals surface area contributed by atoms with Gasteiger partial charge in [-0.1, -0.05) is 36.4 Å². The van der Waals surface area contributed by atoms with Crippen LogP contribution in [0.5, 0.6) is 0 Å². The van der Waals surface area contributed by atoms with Crippen LogP contribution in [0, 0.1) is 5.92 Å². The van der Waals surface area contributed by atoms with Crippen molar-refractivity contribution in [1.82, 2.24) is 5.32 Å². The molecule has 2 aromatic carbocycles. The van der Waals surface area contributed by atoms with Gasteiger partial charge in [-0.2, -0.15) is 13.2 Å². The normalized spacial score (nSPS) is 20.9. The first-order chi connectivity index (χ1) is 10.5. The molecule has 0 saturated heterocycles. The lowest BCUT2D eigenvalue weighted by Crippen LogP contribution is -2.10. The van der Waals surface area contributed by atoms with Crippen LogP contribution in [0.1, 0.15) is 23.5 Å². The van der Waals surface area contributed by atoms with E-state index in [1.54, 1.807) is 12.1 Å². The predicted octanol–water partition coefficient (Wildman–Crippen LogP) is 4.70. The third kappa shape index (κ3) is 3.02. The molecule has 0 spiro atoms. The summed E-state index contributed by atoms with van der Waals surface area (Å²) in [5.41, 5.74) is 2.52. The van der Waals surface area contributed by atoms with E-state index in [0.717, 1.165) is 36.2 Å². The highest BCUT2D eigenvalue weighted by Crippen LogP contribution is 2.49. The van der Waals surface area contributed by atoms with E-state index in [2.05, 4.69) is 11.4 Å². The molecule has 1 fully saturated rings. The first kappa shape index (κ1) is 15.1. The first-order valence-corrected chi connectivity index (χ1v) is 7.42.